The van der Waals surface area contributed by atoms with Crippen molar-refractivity contribution in [3.05, 3.63) is 58.3 Å². The zero-order valence-electron chi connectivity index (χ0n) is 17.5. The third-order valence-corrected chi connectivity index (χ3v) is 5.27. The van der Waals surface area contributed by atoms with Gasteiger partial charge in [0.25, 0.3) is 0 Å². The van der Waals surface area contributed by atoms with Crippen molar-refractivity contribution in [2.24, 2.45) is 0 Å². The normalized spacial score (nSPS) is 17.2. The maximum atomic E-state index is 15.0. The standard InChI is InChI=1S/C20H22F4N6O2/c1-3-29-11-14(8-25-29)10-28-12-26-30(19(28)31)17-7-15(27-4-5-32-13(2)9-27)6-16(18(17)21)20(22,23)24/h6-8,11-13H,3-5,9-10H2,1-2H3/t13-/m1/s1. The number of morpholine rings is 1. The number of nitrogens with zero attached hydrogens (tertiary/aromatic N) is 6. The Kier molecular flexibility index (Phi) is 5.80. The van der Waals surface area contributed by atoms with Crippen molar-refractivity contribution in [2.45, 2.75) is 39.2 Å². The van der Waals surface area contributed by atoms with Gasteiger partial charge in [-0.2, -0.15) is 28.1 Å². The molecule has 0 N–H and O–H groups in total. The number of alkyl halides is 3. The fraction of sp³-hybridized carbons (Fsp3) is 0.450. The second kappa shape index (κ2) is 8.41. The average molecular weight is 454 g/mol. The second-order valence-corrected chi connectivity index (χ2v) is 7.61. The van der Waals surface area contributed by atoms with Gasteiger partial charge in [0.2, 0.25) is 0 Å². The Bertz CT molecular complexity index is 1170. The minimum Gasteiger partial charge on any atom is -0.375 e. The second-order valence-electron chi connectivity index (χ2n) is 7.61. The highest BCUT2D eigenvalue weighted by Crippen LogP contribution is 2.36. The molecular formula is C20H22F4N6O2. The number of hydrogen-bond acceptors (Lipinski definition) is 5. The van der Waals surface area contributed by atoms with Crippen molar-refractivity contribution < 1.29 is 22.3 Å². The molecule has 0 spiro atoms. The van der Waals surface area contributed by atoms with Crippen molar-refractivity contribution in [2.75, 3.05) is 24.6 Å². The van der Waals surface area contributed by atoms with Gasteiger partial charge in [-0.25, -0.2) is 9.18 Å². The largest absolute Gasteiger partial charge is 0.419 e. The Morgan fingerprint density at radius 1 is 1.25 bits per heavy atom. The topological polar surface area (TPSA) is 70.1 Å². The smallest absolute Gasteiger partial charge is 0.375 e. The van der Waals surface area contributed by atoms with Crippen LogP contribution in [0.3, 0.4) is 0 Å². The molecule has 1 aromatic carbocycles. The summed E-state index contributed by atoms with van der Waals surface area (Å²) in [4.78, 5) is 14.5. The molecule has 172 valence electrons. The van der Waals surface area contributed by atoms with E-state index >= 15 is 0 Å². The van der Waals surface area contributed by atoms with Crippen LogP contribution in [0.15, 0.2) is 35.6 Å². The lowest BCUT2D eigenvalue weighted by Gasteiger charge is -2.33. The van der Waals surface area contributed by atoms with Crippen LogP contribution in [-0.2, 0) is 24.0 Å². The lowest BCUT2D eigenvalue weighted by Crippen LogP contribution is -2.41. The maximum Gasteiger partial charge on any atom is 0.419 e. The SMILES string of the molecule is CCn1cc(Cn2cnn(-c3cc(N4CCO[C@H](C)C4)cc(C(F)(F)F)c3F)c2=O)cn1. The minimum absolute atomic E-state index is 0.104. The number of aromatic nitrogens is 5. The molecule has 1 aliphatic rings. The Morgan fingerprint density at radius 2 is 2.03 bits per heavy atom. The summed E-state index contributed by atoms with van der Waals surface area (Å²) in [7, 11) is 0. The number of aryl methyl sites for hydroxylation is 1. The van der Waals surface area contributed by atoms with E-state index in [9.17, 15) is 22.4 Å². The first-order valence-electron chi connectivity index (χ1n) is 10.1. The van der Waals surface area contributed by atoms with Gasteiger partial charge in [-0.1, -0.05) is 0 Å². The van der Waals surface area contributed by atoms with E-state index < -0.39 is 28.9 Å². The summed E-state index contributed by atoms with van der Waals surface area (Å²) in [6, 6.07) is 1.98. The third kappa shape index (κ3) is 4.27. The highest BCUT2D eigenvalue weighted by Gasteiger charge is 2.37. The van der Waals surface area contributed by atoms with Gasteiger partial charge in [-0.3, -0.25) is 9.25 Å². The summed E-state index contributed by atoms with van der Waals surface area (Å²) in [6.07, 6.45) is -0.644. The van der Waals surface area contributed by atoms with Gasteiger partial charge in [-0.05, 0) is 26.0 Å². The van der Waals surface area contributed by atoms with Crippen LogP contribution in [0.5, 0.6) is 0 Å². The number of ether oxygens (including phenoxy) is 1. The highest BCUT2D eigenvalue weighted by atomic mass is 19.4. The molecule has 1 aliphatic heterocycles. The van der Waals surface area contributed by atoms with E-state index in [0.717, 1.165) is 6.07 Å². The summed E-state index contributed by atoms with van der Waals surface area (Å²) >= 11 is 0. The van der Waals surface area contributed by atoms with Crippen LogP contribution < -0.4 is 10.6 Å². The molecule has 0 bridgehead atoms. The summed E-state index contributed by atoms with van der Waals surface area (Å²) in [5.74, 6) is -1.55. The molecule has 3 heterocycles. The minimum atomic E-state index is -4.94. The molecule has 0 aliphatic carbocycles. The maximum absolute atomic E-state index is 15.0. The molecule has 3 aromatic rings. The van der Waals surface area contributed by atoms with E-state index in [1.165, 1.54) is 17.0 Å². The van der Waals surface area contributed by atoms with Crippen molar-refractivity contribution in [1.29, 1.82) is 0 Å². The van der Waals surface area contributed by atoms with Gasteiger partial charge in [0.15, 0.2) is 5.82 Å². The monoisotopic (exact) mass is 454 g/mol. The number of anilines is 1. The fourth-order valence-corrected chi connectivity index (χ4v) is 3.66. The summed E-state index contributed by atoms with van der Waals surface area (Å²) in [5.41, 5.74) is -1.90. The molecule has 32 heavy (non-hydrogen) atoms. The third-order valence-electron chi connectivity index (χ3n) is 5.27. The first-order valence-corrected chi connectivity index (χ1v) is 10.1. The van der Waals surface area contributed by atoms with Gasteiger partial charge in [0.05, 0.1) is 31.0 Å². The van der Waals surface area contributed by atoms with Crippen molar-refractivity contribution >= 4 is 5.69 Å². The molecule has 2 aromatic heterocycles. The molecule has 0 amide bonds. The number of hydrogen-bond donors (Lipinski definition) is 0. The van der Waals surface area contributed by atoms with E-state index in [1.807, 2.05) is 6.92 Å². The zero-order valence-corrected chi connectivity index (χ0v) is 17.5. The fourth-order valence-electron chi connectivity index (χ4n) is 3.66. The van der Waals surface area contributed by atoms with E-state index in [0.29, 0.717) is 36.5 Å². The Hall–Kier alpha value is -3.15. The lowest BCUT2D eigenvalue weighted by atomic mass is 10.1. The highest BCUT2D eigenvalue weighted by molar-refractivity contribution is 5.57. The molecular weight excluding hydrogens is 432 g/mol. The molecule has 12 heteroatoms. The van der Waals surface area contributed by atoms with Crippen molar-refractivity contribution in [3.63, 3.8) is 0 Å². The van der Waals surface area contributed by atoms with E-state index in [2.05, 4.69) is 10.2 Å². The molecule has 8 nitrogen and oxygen atoms in total. The number of halogens is 4. The number of benzene rings is 1. The van der Waals surface area contributed by atoms with Crippen LogP contribution in [-0.4, -0.2) is 49.9 Å². The first-order chi connectivity index (χ1) is 15.2. The molecule has 1 atom stereocenters. The Balaban J connectivity index is 1.76. The van der Waals surface area contributed by atoms with E-state index in [4.69, 9.17) is 4.74 Å². The first kappa shape index (κ1) is 22.1. The van der Waals surface area contributed by atoms with Crippen LogP contribution in [0.2, 0.25) is 0 Å². The van der Waals surface area contributed by atoms with Crippen molar-refractivity contribution in [1.82, 2.24) is 24.1 Å². The Morgan fingerprint density at radius 3 is 2.69 bits per heavy atom. The van der Waals surface area contributed by atoms with Crippen LogP contribution in [0.25, 0.3) is 5.69 Å². The van der Waals surface area contributed by atoms with Gasteiger partial charge >= 0.3 is 11.9 Å². The van der Waals surface area contributed by atoms with Gasteiger partial charge in [0, 0.05) is 37.1 Å². The summed E-state index contributed by atoms with van der Waals surface area (Å²) in [5, 5.41) is 8.00. The lowest BCUT2D eigenvalue weighted by molar-refractivity contribution is -0.139. The van der Waals surface area contributed by atoms with E-state index in [-0.39, 0.29) is 18.3 Å². The predicted octanol–water partition coefficient (Wildman–Crippen LogP) is 2.68. The predicted molar refractivity (Wildman–Crippen MR) is 107 cm³/mol. The van der Waals surface area contributed by atoms with Gasteiger partial charge in [0.1, 0.15) is 12.0 Å². The average Bonchev–Trinajstić information content (AvgIpc) is 3.34. The molecule has 0 radical (unpaired) electrons. The molecule has 4 rings (SSSR count). The quantitative estimate of drug-likeness (QED) is 0.555. The van der Waals surface area contributed by atoms with Crippen molar-refractivity contribution in [3.8, 4) is 5.69 Å². The van der Waals surface area contributed by atoms with Gasteiger partial charge < -0.3 is 9.64 Å². The van der Waals surface area contributed by atoms with Crippen LogP contribution in [0.1, 0.15) is 25.0 Å². The Labute approximate surface area is 180 Å². The van der Waals surface area contributed by atoms with Crippen LogP contribution in [0, 0.1) is 5.82 Å². The summed E-state index contributed by atoms with van der Waals surface area (Å²) in [6.45, 7) is 5.47. The molecule has 1 fully saturated rings. The molecule has 1 saturated heterocycles. The number of rotatable bonds is 5. The van der Waals surface area contributed by atoms with Gasteiger partial charge in [-0.15, -0.1) is 0 Å². The van der Waals surface area contributed by atoms with Crippen LogP contribution >= 0.6 is 0 Å². The zero-order chi connectivity index (χ0) is 23.0. The van der Waals surface area contributed by atoms with Crippen LogP contribution in [0.4, 0.5) is 23.2 Å². The molecule has 0 saturated carbocycles. The summed E-state index contributed by atoms with van der Waals surface area (Å²) < 4.78 is 64.7. The van der Waals surface area contributed by atoms with E-state index in [1.54, 1.807) is 28.9 Å². The molecule has 0 unspecified atom stereocenters.